The lowest BCUT2D eigenvalue weighted by Gasteiger charge is -2.26. The molecule has 0 saturated heterocycles. The molecule has 0 bridgehead atoms. The Morgan fingerprint density at radius 3 is 2.60 bits per heavy atom. The second kappa shape index (κ2) is 8.08. The van der Waals surface area contributed by atoms with Crippen LogP contribution in [0.4, 0.5) is 0 Å². The maximum Gasteiger partial charge on any atom is 0.329 e. The van der Waals surface area contributed by atoms with Gasteiger partial charge in [-0.2, -0.15) is 4.98 Å². The first-order valence-corrected chi connectivity index (χ1v) is 10.7. The third kappa shape index (κ3) is 3.91. The molecular weight excluding hydrogens is 382 g/mol. The van der Waals surface area contributed by atoms with Gasteiger partial charge in [0.25, 0.3) is 0 Å². The van der Waals surface area contributed by atoms with Gasteiger partial charge < -0.3 is 9.84 Å². The second-order valence-corrected chi connectivity index (χ2v) is 8.70. The largest absolute Gasteiger partial charge is 0.352 e. The Balaban J connectivity index is 1.67. The molecule has 160 valence electrons. The molecule has 2 aromatic heterocycles. The standard InChI is InChI=1S/C22H29N5O3/c1-13(2)27-18-10-7-16(21-23-15(4)30-25-21)11-19(18)26(22(27)29)12-20(28)24-17-8-5-14(3)6-9-17/h7,10-11,13-14,17H,5-6,8-9,12H2,1-4H3,(H,24,28). The average Bonchev–Trinajstić information content (AvgIpc) is 3.25. The highest BCUT2D eigenvalue weighted by Crippen LogP contribution is 2.25. The molecule has 0 aliphatic heterocycles. The Bertz CT molecular complexity index is 1120. The fourth-order valence-corrected chi connectivity index (χ4v) is 4.31. The molecule has 4 rings (SSSR count). The molecule has 2 heterocycles. The summed E-state index contributed by atoms with van der Waals surface area (Å²) >= 11 is 0. The van der Waals surface area contributed by atoms with E-state index < -0.39 is 0 Å². The Labute approximate surface area is 175 Å². The van der Waals surface area contributed by atoms with Gasteiger partial charge in [-0.25, -0.2) is 4.79 Å². The minimum atomic E-state index is -0.186. The van der Waals surface area contributed by atoms with Gasteiger partial charge >= 0.3 is 5.69 Å². The van der Waals surface area contributed by atoms with Crippen LogP contribution in [0.1, 0.15) is 58.4 Å². The summed E-state index contributed by atoms with van der Waals surface area (Å²) in [6, 6.07) is 5.78. The van der Waals surface area contributed by atoms with Crippen LogP contribution in [0.2, 0.25) is 0 Å². The van der Waals surface area contributed by atoms with Crippen molar-refractivity contribution in [2.24, 2.45) is 5.92 Å². The number of nitrogens with one attached hydrogen (secondary N) is 1. The van der Waals surface area contributed by atoms with Crippen LogP contribution in [-0.4, -0.2) is 31.2 Å². The van der Waals surface area contributed by atoms with Crippen molar-refractivity contribution in [3.8, 4) is 11.4 Å². The number of hydrogen-bond acceptors (Lipinski definition) is 5. The molecule has 0 radical (unpaired) electrons. The minimum Gasteiger partial charge on any atom is -0.352 e. The Kier molecular flexibility index (Phi) is 5.49. The molecule has 1 aromatic carbocycles. The van der Waals surface area contributed by atoms with Crippen LogP contribution in [0.5, 0.6) is 0 Å². The van der Waals surface area contributed by atoms with Crippen molar-refractivity contribution in [3.05, 3.63) is 34.6 Å². The van der Waals surface area contributed by atoms with E-state index in [1.54, 1.807) is 16.1 Å². The van der Waals surface area contributed by atoms with Gasteiger partial charge in [0.1, 0.15) is 6.54 Å². The highest BCUT2D eigenvalue weighted by Gasteiger charge is 2.22. The van der Waals surface area contributed by atoms with E-state index >= 15 is 0 Å². The van der Waals surface area contributed by atoms with Gasteiger partial charge in [-0.1, -0.05) is 12.1 Å². The molecule has 0 atom stereocenters. The monoisotopic (exact) mass is 411 g/mol. The van der Waals surface area contributed by atoms with Crippen molar-refractivity contribution < 1.29 is 9.32 Å². The van der Waals surface area contributed by atoms with Gasteiger partial charge in [-0.3, -0.25) is 13.9 Å². The summed E-state index contributed by atoms with van der Waals surface area (Å²) in [5.41, 5.74) is 2.05. The first-order valence-electron chi connectivity index (χ1n) is 10.7. The normalized spacial score (nSPS) is 19.5. The molecular formula is C22H29N5O3. The summed E-state index contributed by atoms with van der Waals surface area (Å²) in [7, 11) is 0. The molecule has 1 fully saturated rings. The number of imidazole rings is 1. The van der Waals surface area contributed by atoms with E-state index in [0.717, 1.165) is 42.7 Å². The summed E-state index contributed by atoms with van der Waals surface area (Å²) in [6.45, 7) is 7.91. The Morgan fingerprint density at radius 1 is 1.23 bits per heavy atom. The number of hydrogen-bond donors (Lipinski definition) is 1. The summed E-state index contributed by atoms with van der Waals surface area (Å²) in [4.78, 5) is 30.2. The number of rotatable bonds is 5. The van der Waals surface area contributed by atoms with Gasteiger partial charge in [0, 0.05) is 24.6 Å². The summed E-state index contributed by atoms with van der Waals surface area (Å²) in [5.74, 6) is 1.53. The number of fused-ring (bicyclic) bond motifs is 1. The van der Waals surface area contributed by atoms with Crippen LogP contribution in [-0.2, 0) is 11.3 Å². The van der Waals surface area contributed by atoms with Crippen molar-refractivity contribution in [3.63, 3.8) is 0 Å². The zero-order chi connectivity index (χ0) is 21.4. The Morgan fingerprint density at radius 2 is 1.97 bits per heavy atom. The maximum atomic E-state index is 13.1. The summed E-state index contributed by atoms with van der Waals surface area (Å²) < 4.78 is 8.35. The van der Waals surface area contributed by atoms with Gasteiger partial charge in [0.05, 0.1) is 11.0 Å². The zero-order valence-corrected chi connectivity index (χ0v) is 18.0. The van der Waals surface area contributed by atoms with E-state index in [2.05, 4.69) is 22.4 Å². The summed E-state index contributed by atoms with van der Waals surface area (Å²) in [5, 5.41) is 7.09. The third-order valence-corrected chi connectivity index (χ3v) is 5.95. The fourth-order valence-electron chi connectivity index (χ4n) is 4.31. The number of aromatic nitrogens is 4. The lowest BCUT2D eigenvalue weighted by Crippen LogP contribution is -2.40. The van der Waals surface area contributed by atoms with Crippen LogP contribution < -0.4 is 11.0 Å². The molecule has 1 aliphatic carbocycles. The molecule has 1 aliphatic rings. The van der Waals surface area contributed by atoms with Gasteiger partial charge in [-0.05, 0) is 63.6 Å². The number of nitrogens with zero attached hydrogens (tertiary/aromatic N) is 4. The van der Waals surface area contributed by atoms with Crippen LogP contribution in [0.3, 0.4) is 0 Å². The summed E-state index contributed by atoms with van der Waals surface area (Å²) in [6.07, 6.45) is 4.25. The van der Waals surface area contributed by atoms with Crippen molar-refractivity contribution >= 4 is 16.9 Å². The van der Waals surface area contributed by atoms with E-state index in [-0.39, 0.29) is 30.2 Å². The quantitative estimate of drug-likeness (QED) is 0.694. The highest BCUT2D eigenvalue weighted by molar-refractivity contribution is 5.84. The molecule has 1 N–H and O–H groups in total. The van der Waals surface area contributed by atoms with Crippen molar-refractivity contribution in [1.29, 1.82) is 0 Å². The third-order valence-electron chi connectivity index (χ3n) is 5.95. The number of aryl methyl sites for hydroxylation is 1. The number of benzene rings is 1. The van der Waals surface area contributed by atoms with Crippen molar-refractivity contribution in [1.82, 2.24) is 24.6 Å². The molecule has 3 aromatic rings. The van der Waals surface area contributed by atoms with Crippen LogP contribution in [0, 0.1) is 12.8 Å². The highest BCUT2D eigenvalue weighted by atomic mass is 16.5. The first kappa shape index (κ1) is 20.4. The smallest absolute Gasteiger partial charge is 0.329 e. The number of carbonyl (C=O) groups is 1. The van der Waals surface area contributed by atoms with E-state index in [1.165, 1.54) is 0 Å². The number of amides is 1. The van der Waals surface area contributed by atoms with Gasteiger partial charge in [-0.15, -0.1) is 0 Å². The molecule has 0 spiro atoms. The van der Waals surface area contributed by atoms with Crippen LogP contribution in [0.25, 0.3) is 22.4 Å². The second-order valence-electron chi connectivity index (χ2n) is 8.70. The minimum absolute atomic E-state index is 0.00413. The first-order chi connectivity index (χ1) is 14.3. The average molecular weight is 412 g/mol. The molecule has 1 amide bonds. The molecule has 8 heteroatoms. The Hall–Kier alpha value is -2.90. The molecule has 1 saturated carbocycles. The van der Waals surface area contributed by atoms with E-state index in [0.29, 0.717) is 17.2 Å². The van der Waals surface area contributed by atoms with Crippen LogP contribution >= 0.6 is 0 Å². The van der Waals surface area contributed by atoms with Gasteiger partial charge in [0.15, 0.2) is 0 Å². The topological polar surface area (TPSA) is 95.0 Å². The van der Waals surface area contributed by atoms with Crippen molar-refractivity contribution in [2.45, 2.75) is 72.0 Å². The van der Waals surface area contributed by atoms with E-state index in [4.69, 9.17) is 4.52 Å². The van der Waals surface area contributed by atoms with E-state index in [1.807, 2.05) is 32.0 Å². The van der Waals surface area contributed by atoms with Crippen molar-refractivity contribution in [2.75, 3.05) is 0 Å². The SMILES string of the molecule is Cc1nc(-c2ccc3c(c2)n(CC(=O)NC2CCC(C)CC2)c(=O)n3C(C)C)no1. The molecule has 8 nitrogen and oxygen atoms in total. The van der Waals surface area contributed by atoms with Crippen LogP contribution in [0.15, 0.2) is 27.5 Å². The lowest BCUT2D eigenvalue weighted by atomic mass is 9.87. The zero-order valence-electron chi connectivity index (χ0n) is 18.0. The molecule has 30 heavy (non-hydrogen) atoms. The fraction of sp³-hybridized carbons (Fsp3) is 0.545. The van der Waals surface area contributed by atoms with Gasteiger partial charge in [0.2, 0.25) is 17.6 Å². The lowest BCUT2D eigenvalue weighted by molar-refractivity contribution is -0.122. The predicted octanol–water partition coefficient (Wildman–Crippen LogP) is 3.44. The van der Waals surface area contributed by atoms with E-state index in [9.17, 15) is 9.59 Å². The predicted molar refractivity (Wildman–Crippen MR) is 114 cm³/mol. The molecule has 0 unspecified atom stereocenters. The number of carbonyl (C=O) groups excluding carboxylic acids is 1. The maximum absolute atomic E-state index is 13.1.